The zero-order valence-electron chi connectivity index (χ0n) is 17.5. The van der Waals surface area contributed by atoms with Crippen molar-refractivity contribution < 1.29 is 9.59 Å². The van der Waals surface area contributed by atoms with Gasteiger partial charge in [0.1, 0.15) is 0 Å². The number of hydrogen-bond acceptors (Lipinski definition) is 3. The third kappa shape index (κ3) is 5.18. The second-order valence-electron chi connectivity index (χ2n) is 8.05. The highest BCUT2D eigenvalue weighted by Gasteiger charge is 2.25. The van der Waals surface area contributed by atoms with Crippen LogP contribution >= 0.6 is 0 Å². The summed E-state index contributed by atoms with van der Waals surface area (Å²) in [5.74, 6) is 0.0125. The minimum Gasteiger partial charge on any atom is -0.366 e. The van der Waals surface area contributed by atoms with Crippen LogP contribution in [0.3, 0.4) is 0 Å². The number of nitrogens with zero attached hydrogens (tertiary/aromatic N) is 2. The predicted molar refractivity (Wildman–Crippen MR) is 122 cm³/mol. The van der Waals surface area contributed by atoms with Gasteiger partial charge in [-0.25, -0.2) is 0 Å². The van der Waals surface area contributed by atoms with E-state index in [-0.39, 0.29) is 11.8 Å². The van der Waals surface area contributed by atoms with Crippen LogP contribution in [0.25, 0.3) is 11.3 Å². The highest BCUT2D eigenvalue weighted by molar-refractivity contribution is 5.93. The van der Waals surface area contributed by atoms with Gasteiger partial charge in [0.05, 0.1) is 5.69 Å². The molecule has 2 heterocycles. The van der Waals surface area contributed by atoms with Crippen molar-refractivity contribution >= 4 is 11.8 Å². The van der Waals surface area contributed by atoms with Crippen molar-refractivity contribution in [1.29, 1.82) is 0 Å². The van der Waals surface area contributed by atoms with Gasteiger partial charge in [0.25, 0.3) is 0 Å². The van der Waals surface area contributed by atoms with E-state index in [1.807, 2.05) is 53.4 Å². The number of nitrogens with two attached hydrogens (primary N) is 1. The average Bonchev–Trinajstić information content (AvgIpc) is 2.83. The lowest BCUT2D eigenvalue weighted by Gasteiger charge is -2.32. The van der Waals surface area contributed by atoms with Gasteiger partial charge in [-0.2, -0.15) is 0 Å². The van der Waals surface area contributed by atoms with Crippen LogP contribution in [0.15, 0.2) is 72.8 Å². The first-order valence-electron chi connectivity index (χ1n) is 10.8. The van der Waals surface area contributed by atoms with Crippen molar-refractivity contribution in [2.45, 2.75) is 31.6 Å². The number of likely N-dealkylation sites (tertiary alicyclic amines) is 1. The van der Waals surface area contributed by atoms with Crippen LogP contribution in [-0.2, 0) is 11.2 Å². The molecule has 2 N–H and O–H groups in total. The Morgan fingerprint density at radius 2 is 1.74 bits per heavy atom. The molecule has 0 bridgehead atoms. The molecule has 1 aliphatic heterocycles. The summed E-state index contributed by atoms with van der Waals surface area (Å²) in [6, 6.07) is 23.4. The van der Waals surface area contributed by atoms with E-state index in [0.717, 1.165) is 42.8 Å². The lowest BCUT2D eigenvalue weighted by Crippen LogP contribution is -2.39. The van der Waals surface area contributed by atoms with Crippen molar-refractivity contribution in [1.82, 2.24) is 9.88 Å². The SMILES string of the molecule is NC(=O)c1ccc(-c2cccc([C@H]3CCCN(C(=O)CCc4ccccc4)C3)n2)cc1. The molecule has 158 valence electrons. The molecule has 3 aromatic rings. The second kappa shape index (κ2) is 9.56. The van der Waals surface area contributed by atoms with Crippen LogP contribution in [0, 0.1) is 0 Å². The minimum absolute atomic E-state index is 0.215. The lowest BCUT2D eigenvalue weighted by molar-refractivity contribution is -0.132. The number of primary amides is 1. The summed E-state index contributed by atoms with van der Waals surface area (Å²) in [6.07, 6.45) is 3.33. The monoisotopic (exact) mass is 413 g/mol. The van der Waals surface area contributed by atoms with Crippen molar-refractivity contribution in [3.63, 3.8) is 0 Å². The van der Waals surface area contributed by atoms with Crippen LogP contribution in [0.1, 0.15) is 46.8 Å². The van der Waals surface area contributed by atoms with Crippen molar-refractivity contribution in [2.75, 3.05) is 13.1 Å². The smallest absolute Gasteiger partial charge is 0.248 e. The van der Waals surface area contributed by atoms with Crippen LogP contribution in [0.2, 0.25) is 0 Å². The lowest BCUT2D eigenvalue weighted by atomic mass is 9.93. The van der Waals surface area contributed by atoms with E-state index in [1.54, 1.807) is 12.1 Å². The maximum absolute atomic E-state index is 12.8. The van der Waals surface area contributed by atoms with Crippen molar-refractivity contribution in [2.24, 2.45) is 5.73 Å². The fourth-order valence-electron chi connectivity index (χ4n) is 4.14. The predicted octanol–water partition coefficient (Wildman–Crippen LogP) is 4.19. The molecule has 0 aliphatic carbocycles. The maximum atomic E-state index is 12.8. The molecule has 4 rings (SSSR count). The Bertz CT molecular complexity index is 1050. The number of aryl methyl sites for hydroxylation is 1. The fraction of sp³-hybridized carbons (Fsp3) is 0.269. The number of piperidine rings is 1. The van der Waals surface area contributed by atoms with Gasteiger partial charge in [-0.1, -0.05) is 48.5 Å². The standard InChI is InChI=1S/C26H27N3O2/c27-26(31)21-14-12-20(13-15-21)23-9-4-10-24(28-23)22-8-5-17-29(18-22)25(30)16-11-19-6-2-1-3-7-19/h1-4,6-7,9-10,12-15,22H,5,8,11,16-18H2,(H2,27,31)/t22-/m0/s1. The first kappa shape index (κ1) is 20.8. The molecule has 5 heteroatoms. The third-order valence-electron chi connectivity index (χ3n) is 5.90. The summed E-state index contributed by atoms with van der Waals surface area (Å²) in [4.78, 5) is 31.0. The minimum atomic E-state index is -0.438. The van der Waals surface area contributed by atoms with Crippen molar-refractivity contribution in [3.8, 4) is 11.3 Å². The molecule has 31 heavy (non-hydrogen) atoms. The number of aromatic nitrogens is 1. The molecule has 0 saturated carbocycles. The topological polar surface area (TPSA) is 76.3 Å². The van der Waals surface area contributed by atoms with E-state index in [1.165, 1.54) is 5.56 Å². The Morgan fingerprint density at radius 3 is 2.48 bits per heavy atom. The number of rotatable bonds is 6. The van der Waals surface area contributed by atoms with E-state index in [4.69, 9.17) is 10.7 Å². The first-order chi connectivity index (χ1) is 15.1. The fourth-order valence-corrected chi connectivity index (χ4v) is 4.14. The molecule has 1 fully saturated rings. The van der Waals surface area contributed by atoms with Gasteiger partial charge in [-0.15, -0.1) is 0 Å². The zero-order valence-corrected chi connectivity index (χ0v) is 17.5. The molecule has 1 aromatic heterocycles. The average molecular weight is 414 g/mol. The van der Waals surface area contributed by atoms with E-state index in [0.29, 0.717) is 18.5 Å². The molecule has 5 nitrogen and oxygen atoms in total. The molecule has 1 aliphatic rings. The van der Waals surface area contributed by atoms with Gasteiger partial charge < -0.3 is 10.6 Å². The number of carbonyl (C=O) groups excluding carboxylic acids is 2. The van der Waals surface area contributed by atoms with Gasteiger partial charge in [0, 0.05) is 42.2 Å². The van der Waals surface area contributed by atoms with Crippen LogP contribution in [-0.4, -0.2) is 34.8 Å². The summed E-state index contributed by atoms with van der Waals surface area (Å²) < 4.78 is 0. The van der Waals surface area contributed by atoms with Crippen LogP contribution in [0.4, 0.5) is 0 Å². The summed E-state index contributed by atoms with van der Waals surface area (Å²) in [7, 11) is 0. The summed E-state index contributed by atoms with van der Waals surface area (Å²) >= 11 is 0. The number of pyridine rings is 1. The van der Waals surface area contributed by atoms with Gasteiger partial charge >= 0.3 is 0 Å². The quantitative estimate of drug-likeness (QED) is 0.658. The number of hydrogen-bond donors (Lipinski definition) is 1. The zero-order chi connectivity index (χ0) is 21.6. The van der Waals surface area contributed by atoms with Gasteiger partial charge in [0.2, 0.25) is 11.8 Å². The van der Waals surface area contributed by atoms with Gasteiger partial charge in [-0.05, 0) is 49.1 Å². The Morgan fingerprint density at radius 1 is 0.968 bits per heavy atom. The first-order valence-corrected chi connectivity index (χ1v) is 10.8. The van der Waals surface area contributed by atoms with E-state index in [9.17, 15) is 9.59 Å². The van der Waals surface area contributed by atoms with E-state index >= 15 is 0 Å². The highest BCUT2D eigenvalue weighted by atomic mass is 16.2. The molecular formula is C26H27N3O2. The third-order valence-corrected chi connectivity index (χ3v) is 5.90. The second-order valence-corrected chi connectivity index (χ2v) is 8.05. The Labute approximate surface area is 182 Å². The Hall–Kier alpha value is -3.47. The Balaban J connectivity index is 1.42. The van der Waals surface area contributed by atoms with Crippen LogP contribution < -0.4 is 5.73 Å². The summed E-state index contributed by atoms with van der Waals surface area (Å²) in [6.45, 7) is 1.53. The van der Waals surface area contributed by atoms with E-state index in [2.05, 4.69) is 12.1 Å². The molecular weight excluding hydrogens is 386 g/mol. The van der Waals surface area contributed by atoms with Crippen molar-refractivity contribution in [3.05, 3.63) is 89.6 Å². The largest absolute Gasteiger partial charge is 0.366 e. The molecule has 2 amide bonds. The molecule has 1 atom stereocenters. The van der Waals surface area contributed by atoms with Gasteiger partial charge in [-0.3, -0.25) is 14.6 Å². The normalized spacial score (nSPS) is 16.1. The molecule has 0 spiro atoms. The van der Waals surface area contributed by atoms with E-state index < -0.39 is 5.91 Å². The molecule has 2 aromatic carbocycles. The highest BCUT2D eigenvalue weighted by Crippen LogP contribution is 2.28. The van der Waals surface area contributed by atoms with Gasteiger partial charge in [0.15, 0.2) is 0 Å². The van der Waals surface area contributed by atoms with Crippen LogP contribution in [0.5, 0.6) is 0 Å². The molecule has 1 saturated heterocycles. The number of benzene rings is 2. The Kier molecular flexibility index (Phi) is 6.41. The summed E-state index contributed by atoms with van der Waals surface area (Å²) in [5, 5.41) is 0. The number of amides is 2. The molecule has 0 unspecified atom stereocenters. The number of carbonyl (C=O) groups is 2. The maximum Gasteiger partial charge on any atom is 0.248 e. The summed E-state index contributed by atoms with van der Waals surface area (Å²) in [5.41, 5.74) is 9.82. The molecule has 0 radical (unpaired) electrons.